The van der Waals surface area contributed by atoms with Gasteiger partial charge < -0.3 is 10.2 Å². The van der Waals surface area contributed by atoms with Crippen molar-refractivity contribution < 1.29 is 22.4 Å². The number of carbonyl (C=O) groups excluding carboxylic acids is 2. The Bertz CT molecular complexity index is 1030. The number of hydrogen-bond donors (Lipinski definition) is 1. The van der Waals surface area contributed by atoms with Crippen LogP contribution in [0.1, 0.15) is 25.0 Å². The Kier molecular flexibility index (Phi) is 8.15. The SMILES string of the molecule is CCc1ccccc1N(CC(=O)N(Cc1ccc(F)cc1)C(C)C(=O)NC)S(C)(=O)=O. The molecular weight excluding hydrogens is 421 g/mol. The molecule has 31 heavy (non-hydrogen) atoms. The third kappa shape index (κ3) is 6.27. The van der Waals surface area contributed by atoms with Crippen molar-refractivity contribution in [3.63, 3.8) is 0 Å². The number of nitrogens with zero attached hydrogens (tertiary/aromatic N) is 2. The van der Waals surface area contributed by atoms with Gasteiger partial charge in [-0.25, -0.2) is 12.8 Å². The van der Waals surface area contributed by atoms with E-state index >= 15 is 0 Å². The average Bonchev–Trinajstić information content (AvgIpc) is 2.75. The van der Waals surface area contributed by atoms with Crippen molar-refractivity contribution in [3.8, 4) is 0 Å². The van der Waals surface area contributed by atoms with Gasteiger partial charge in [0.15, 0.2) is 0 Å². The van der Waals surface area contributed by atoms with Crippen molar-refractivity contribution in [2.24, 2.45) is 0 Å². The molecule has 7 nitrogen and oxygen atoms in total. The van der Waals surface area contributed by atoms with Gasteiger partial charge in [0.1, 0.15) is 18.4 Å². The van der Waals surface area contributed by atoms with Gasteiger partial charge in [0, 0.05) is 13.6 Å². The second-order valence-electron chi connectivity index (χ2n) is 7.19. The first-order valence-corrected chi connectivity index (χ1v) is 11.7. The summed E-state index contributed by atoms with van der Waals surface area (Å²) in [5.41, 5.74) is 1.82. The second kappa shape index (κ2) is 10.4. The minimum absolute atomic E-state index is 0.0285. The molecule has 0 spiro atoms. The fourth-order valence-electron chi connectivity index (χ4n) is 3.23. The number of halogens is 1. The van der Waals surface area contributed by atoms with Crippen LogP contribution < -0.4 is 9.62 Å². The molecule has 0 aromatic heterocycles. The fourth-order valence-corrected chi connectivity index (χ4v) is 4.11. The van der Waals surface area contributed by atoms with Gasteiger partial charge in [-0.15, -0.1) is 0 Å². The van der Waals surface area contributed by atoms with Crippen molar-refractivity contribution in [2.75, 3.05) is 24.2 Å². The molecule has 0 heterocycles. The summed E-state index contributed by atoms with van der Waals surface area (Å²) in [6.07, 6.45) is 1.63. The molecule has 0 saturated heterocycles. The number of likely N-dealkylation sites (N-methyl/N-ethyl adjacent to an activating group) is 1. The average molecular weight is 450 g/mol. The number of rotatable bonds is 9. The van der Waals surface area contributed by atoms with Crippen molar-refractivity contribution in [1.29, 1.82) is 0 Å². The summed E-state index contributed by atoms with van der Waals surface area (Å²) in [6, 6.07) is 11.7. The van der Waals surface area contributed by atoms with Gasteiger partial charge in [0.25, 0.3) is 0 Å². The van der Waals surface area contributed by atoms with E-state index in [4.69, 9.17) is 0 Å². The lowest BCUT2D eigenvalue weighted by Gasteiger charge is -2.31. The van der Waals surface area contributed by atoms with Gasteiger partial charge in [-0.3, -0.25) is 13.9 Å². The number of nitrogens with one attached hydrogen (secondary N) is 1. The summed E-state index contributed by atoms with van der Waals surface area (Å²) >= 11 is 0. The predicted octanol–water partition coefficient (Wildman–Crippen LogP) is 2.32. The molecule has 0 aliphatic heterocycles. The van der Waals surface area contributed by atoms with Crippen molar-refractivity contribution in [3.05, 3.63) is 65.5 Å². The monoisotopic (exact) mass is 449 g/mol. The molecule has 1 unspecified atom stereocenters. The highest BCUT2D eigenvalue weighted by Crippen LogP contribution is 2.24. The smallest absolute Gasteiger partial charge is 0.244 e. The number of aryl methyl sites for hydroxylation is 1. The summed E-state index contributed by atoms with van der Waals surface area (Å²) in [7, 11) is -2.32. The number of anilines is 1. The molecule has 2 amide bonds. The summed E-state index contributed by atoms with van der Waals surface area (Å²) in [5, 5.41) is 2.50. The van der Waals surface area contributed by atoms with Crippen molar-refractivity contribution in [1.82, 2.24) is 10.2 Å². The third-order valence-corrected chi connectivity index (χ3v) is 6.13. The van der Waals surface area contributed by atoms with Crippen LogP contribution in [0, 0.1) is 5.82 Å². The molecule has 9 heteroatoms. The third-order valence-electron chi connectivity index (χ3n) is 5.00. The molecule has 0 radical (unpaired) electrons. The molecule has 2 aromatic carbocycles. The van der Waals surface area contributed by atoms with E-state index in [1.165, 1.54) is 36.2 Å². The number of hydrogen-bond acceptors (Lipinski definition) is 4. The molecular formula is C22H28FN3O4S. The van der Waals surface area contributed by atoms with Crippen molar-refractivity contribution in [2.45, 2.75) is 32.9 Å². The molecule has 0 aliphatic carbocycles. The van der Waals surface area contributed by atoms with Crippen LogP contribution in [-0.4, -0.2) is 51.0 Å². The molecule has 2 aromatic rings. The van der Waals surface area contributed by atoms with Crippen LogP contribution in [0.15, 0.2) is 48.5 Å². The lowest BCUT2D eigenvalue weighted by molar-refractivity contribution is -0.139. The lowest BCUT2D eigenvalue weighted by Crippen LogP contribution is -2.50. The van der Waals surface area contributed by atoms with Crippen LogP contribution >= 0.6 is 0 Å². The van der Waals surface area contributed by atoms with E-state index in [9.17, 15) is 22.4 Å². The maximum Gasteiger partial charge on any atom is 0.244 e. The van der Waals surface area contributed by atoms with Gasteiger partial charge in [0.05, 0.1) is 11.9 Å². The quantitative estimate of drug-likeness (QED) is 0.637. The van der Waals surface area contributed by atoms with Crippen molar-refractivity contribution >= 4 is 27.5 Å². The highest BCUT2D eigenvalue weighted by molar-refractivity contribution is 7.92. The minimum atomic E-state index is -3.77. The van der Waals surface area contributed by atoms with E-state index in [1.54, 1.807) is 31.2 Å². The Morgan fingerprint density at radius 1 is 1.10 bits per heavy atom. The number of sulfonamides is 1. The van der Waals surface area contributed by atoms with Crippen LogP contribution in [0.3, 0.4) is 0 Å². The Balaban J connectivity index is 2.41. The normalized spacial score (nSPS) is 12.2. The van der Waals surface area contributed by atoms with Gasteiger partial charge in [-0.05, 0) is 42.7 Å². The fraction of sp³-hybridized carbons (Fsp3) is 0.364. The molecule has 0 saturated carbocycles. The maximum absolute atomic E-state index is 13.3. The standard InChI is InChI=1S/C22H28FN3O4S/c1-5-18-8-6-7-9-20(18)26(31(4,29)30)15-21(27)25(16(2)22(28)24-3)14-17-10-12-19(23)13-11-17/h6-13,16H,5,14-15H2,1-4H3,(H,24,28). The molecule has 1 N–H and O–H groups in total. The lowest BCUT2D eigenvalue weighted by atomic mass is 10.1. The Morgan fingerprint density at radius 2 is 1.71 bits per heavy atom. The minimum Gasteiger partial charge on any atom is -0.357 e. The molecule has 2 rings (SSSR count). The van der Waals surface area contributed by atoms with E-state index in [0.29, 0.717) is 17.7 Å². The van der Waals surface area contributed by atoms with Crippen LogP contribution in [0.2, 0.25) is 0 Å². The van der Waals surface area contributed by atoms with Gasteiger partial charge >= 0.3 is 0 Å². The summed E-state index contributed by atoms with van der Waals surface area (Å²) in [4.78, 5) is 26.8. The van der Waals surface area contributed by atoms with Crippen LogP contribution in [0.25, 0.3) is 0 Å². The Hall–Kier alpha value is -2.94. The highest BCUT2D eigenvalue weighted by atomic mass is 32.2. The van der Waals surface area contributed by atoms with Crippen LogP contribution in [0.5, 0.6) is 0 Å². The van der Waals surface area contributed by atoms with Crippen LogP contribution in [0.4, 0.5) is 10.1 Å². The van der Waals surface area contributed by atoms with Gasteiger partial charge in [-0.2, -0.15) is 0 Å². The highest BCUT2D eigenvalue weighted by Gasteiger charge is 2.30. The second-order valence-corrected chi connectivity index (χ2v) is 9.10. The molecule has 0 aliphatic rings. The first-order chi connectivity index (χ1) is 14.6. The zero-order chi connectivity index (χ0) is 23.2. The number of amides is 2. The van der Waals surface area contributed by atoms with E-state index < -0.39 is 40.2 Å². The molecule has 1 atom stereocenters. The van der Waals surface area contributed by atoms with E-state index in [1.807, 2.05) is 6.92 Å². The van der Waals surface area contributed by atoms with E-state index in [-0.39, 0.29) is 6.54 Å². The summed E-state index contributed by atoms with van der Waals surface area (Å²) < 4.78 is 39.4. The first-order valence-electron chi connectivity index (χ1n) is 9.89. The van der Waals surface area contributed by atoms with Crippen LogP contribution in [-0.2, 0) is 32.6 Å². The van der Waals surface area contributed by atoms with Gasteiger partial charge in [0.2, 0.25) is 21.8 Å². The first kappa shape index (κ1) is 24.3. The van der Waals surface area contributed by atoms with Gasteiger partial charge in [-0.1, -0.05) is 37.3 Å². The zero-order valence-corrected chi connectivity index (χ0v) is 18.9. The predicted molar refractivity (Wildman–Crippen MR) is 118 cm³/mol. The molecule has 168 valence electrons. The topological polar surface area (TPSA) is 86.8 Å². The Morgan fingerprint density at radius 3 is 2.26 bits per heavy atom. The molecule has 0 bridgehead atoms. The number of benzene rings is 2. The number of para-hydroxylation sites is 1. The zero-order valence-electron chi connectivity index (χ0n) is 18.1. The summed E-state index contributed by atoms with van der Waals surface area (Å²) in [6.45, 7) is 3.03. The maximum atomic E-state index is 13.3. The number of carbonyl (C=O) groups is 2. The van der Waals surface area contributed by atoms with E-state index in [0.717, 1.165) is 16.1 Å². The Labute approximate surface area is 182 Å². The summed E-state index contributed by atoms with van der Waals surface area (Å²) in [5.74, 6) is -1.35. The van der Waals surface area contributed by atoms with E-state index in [2.05, 4.69) is 5.32 Å². The largest absolute Gasteiger partial charge is 0.357 e. The molecule has 0 fully saturated rings.